The van der Waals surface area contributed by atoms with Crippen LogP contribution in [0.2, 0.25) is 0 Å². The predicted octanol–water partition coefficient (Wildman–Crippen LogP) is 2.15. The number of carbonyl (C=O) groups is 4. The van der Waals surface area contributed by atoms with Crippen molar-refractivity contribution in [2.24, 2.45) is 0 Å². The largest absolute Gasteiger partial charge is 0.465 e. The molecule has 30 heavy (non-hydrogen) atoms. The van der Waals surface area contributed by atoms with Crippen molar-refractivity contribution in [1.29, 1.82) is 0 Å². The van der Waals surface area contributed by atoms with Gasteiger partial charge < -0.3 is 10.1 Å². The standard InChI is InChI=1S/C21H21N3O5S/c1-3-23-9-8-14-15(10-23)30-18(17(14)21(28)29-2)22-16(25)11-24-19(26)12-6-4-5-7-13(12)20(24)27/h4-7H,3,8-11H2,1-2H3,(H,22,25). The normalized spacial score (nSPS) is 15.7. The second-order valence-corrected chi connectivity index (χ2v) is 8.21. The first-order valence-corrected chi connectivity index (χ1v) is 10.5. The molecule has 1 aromatic carbocycles. The molecular weight excluding hydrogens is 406 g/mol. The number of nitrogens with one attached hydrogen (secondary N) is 1. The molecule has 3 amide bonds. The molecule has 156 valence electrons. The molecule has 8 nitrogen and oxygen atoms in total. The summed E-state index contributed by atoms with van der Waals surface area (Å²) in [6.45, 7) is 4.08. The lowest BCUT2D eigenvalue weighted by molar-refractivity contribution is -0.116. The fourth-order valence-corrected chi connectivity index (χ4v) is 5.12. The van der Waals surface area contributed by atoms with E-state index in [9.17, 15) is 19.2 Å². The topological polar surface area (TPSA) is 96.0 Å². The number of thiophene rings is 1. The van der Waals surface area contributed by atoms with Gasteiger partial charge in [0.1, 0.15) is 11.5 Å². The number of imide groups is 1. The van der Waals surface area contributed by atoms with Gasteiger partial charge in [-0.05, 0) is 30.7 Å². The minimum atomic E-state index is -0.541. The maximum Gasteiger partial charge on any atom is 0.341 e. The van der Waals surface area contributed by atoms with Gasteiger partial charge in [-0.1, -0.05) is 19.1 Å². The lowest BCUT2D eigenvalue weighted by Gasteiger charge is -2.25. The van der Waals surface area contributed by atoms with Crippen LogP contribution in [0.1, 0.15) is 48.4 Å². The number of ether oxygens (including phenoxy) is 1. The number of esters is 1. The maximum atomic E-state index is 12.7. The smallest absolute Gasteiger partial charge is 0.341 e. The molecule has 2 aromatic rings. The zero-order chi connectivity index (χ0) is 21.4. The molecule has 9 heteroatoms. The van der Waals surface area contributed by atoms with E-state index in [1.165, 1.54) is 18.4 Å². The van der Waals surface area contributed by atoms with E-state index < -0.39 is 30.2 Å². The summed E-state index contributed by atoms with van der Waals surface area (Å²) in [5, 5.41) is 3.12. The summed E-state index contributed by atoms with van der Waals surface area (Å²) in [6, 6.07) is 6.48. The Hall–Kier alpha value is -3.04. The van der Waals surface area contributed by atoms with Crippen molar-refractivity contribution in [3.63, 3.8) is 0 Å². The van der Waals surface area contributed by atoms with Crippen LogP contribution in [0.4, 0.5) is 5.00 Å². The SMILES string of the molecule is CCN1CCc2c(sc(NC(=O)CN3C(=O)c4ccccc4C3=O)c2C(=O)OC)C1. The van der Waals surface area contributed by atoms with Gasteiger partial charge in [0.05, 0.1) is 23.8 Å². The molecule has 3 heterocycles. The Kier molecular flexibility index (Phi) is 5.40. The first kappa shape index (κ1) is 20.2. The monoisotopic (exact) mass is 427 g/mol. The molecule has 0 spiro atoms. The molecule has 0 bridgehead atoms. The van der Waals surface area contributed by atoms with Crippen molar-refractivity contribution in [1.82, 2.24) is 9.80 Å². The Bertz CT molecular complexity index is 1030. The molecule has 0 radical (unpaired) electrons. The van der Waals surface area contributed by atoms with Crippen LogP contribution in [0, 0.1) is 0 Å². The zero-order valence-electron chi connectivity index (χ0n) is 16.7. The van der Waals surface area contributed by atoms with Gasteiger partial charge in [0, 0.05) is 18.0 Å². The van der Waals surface area contributed by atoms with Gasteiger partial charge >= 0.3 is 5.97 Å². The first-order chi connectivity index (χ1) is 14.4. The lowest BCUT2D eigenvalue weighted by atomic mass is 10.0. The van der Waals surface area contributed by atoms with Crippen LogP contribution in [0.3, 0.4) is 0 Å². The van der Waals surface area contributed by atoms with Crippen LogP contribution >= 0.6 is 11.3 Å². The summed E-state index contributed by atoms with van der Waals surface area (Å²) in [4.78, 5) is 54.3. The summed E-state index contributed by atoms with van der Waals surface area (Å²) < 4.78 is 4.93. The predicted molar refractivity (Wildman–Crippen MR) is 111 cm³/mol. The quantitative estimate of drug-likeness (QED) is 0.580. The van der Waals surface area contributed by atoms with E-state index >= 15 is 0 Å². The van der Waals surface area contributed by atoms with E-state index in [-0.39, 0.29) is 11.1 Å². The lowest BCUT2D eigenvalue weighted by Crippen LogP contribution is -2.37. The number of amides is 3. The number of fused-ring (bicyclic) bond motifs is 2. The van der Waals surface area contributed by atoms with Crippen molar-refractivity contribution in [2.75, 3.05) is 32.1 Å². The van der Waals surface area contributed by atoms with E-state index in [0.29, 0.717) is 23.5 Å². The van der Waals surface area contributed by atoms with E-state index in [1.807, 2.05) is 0 Å². The highest BCUT2D eigenvalue weighted by atomic mass is 32.1. The molecule has 0 unspecified atom stereocenters. The van der Waals surface area contributed by atoms with Crippen molar-refractivity contribution >= 4 is 40.0 Å². The van der Waals surface area contributed by atoms with Gasteiger partial charge in [0.25, 0.3) is 11.8 Å². The molecule has 0 aliphatic carbocycles. The Morgan fingerprint density at radius 3 is 2.43 bits per heavy atom. The van der Waals surface area contributed by atoms with Gasteiger partial charge in [0.15, 0.2) is 0 Å². The Morgan fingerprint density at radius 2 is 1.83 bits per heavy atom. The highest BCUT2D eigenvalue weighted by molar-refractivity contribution is 7.17. The summed E-state index contributed by atoms with van der Waals surface area (Å²) in [5.74, 6) is -2.04. The maximum absolute atomic E-state index is 12.7. The second kappa shape index (κ2) is 8.00. The molecule has 2 aliphatic rings. The number of hydrogen-bond acceptors (Lipinski definition) is 7. The minimum absolute atomic E-state index is 0.289. The van der Waals surface area contributed by atoms with Crippen molar-refractivity contribution < 1.29 is 23.9 Å². The van der Waals surface area contributed by atoms with Crippen molar-refractivity contribution in [3.05, 3.63) is 51.4 Å². The fraction of sp³-hybridized carbons (Fsp3) is 0.333. The molecule has 4 rings (SSSR count). The van der Waals surface area contributed by atoms with Crippen molar-refractivity contribution in [3.8, 4) is 0 Å². The van der Waals surface area contributed by atoms with Gasteiger partial charge in [-0.3, -0.25) is 24.2 Å². The summed E-state index contributed by atoms with van der Waals surface area (Å²) in [5.41, 5.74) is 1.84. The minimum Gasteiger partial charge on any atom is -0.465 e. The first-order valence-electron chi connectivity index (χ1n) is 9.64. The van der Waals surface area contributed by atoms with Crippen LogP contribution < -0.4 is 5.32 Å². The average Bonchev–Trinajstić information content (AvgIpc) is 3.23. The molecule has 1 N–H and O–H groups in total. The van der Waals surface area contributed by atoms with E-state index in [1.54, 1.807) is 24.3 Å². The third kappa shape index (κ3) is 3.40. The number of benzene rings is 1. The van der Waals surface area contributed by atoms with Gasteiger partial charge in [-0.2, -0.15) is 0 Å². The van der Waals surface area contributed by atoms with Crippen LogP contribution in [-0.2, 0) is 22.5 Å². The Balaban J connectivity index is 1.55. The molecule has 1 aromatic heterocycles. The third-order valence-electron chi connectivity index (χ3n) is 5.41. The van der Waals surface area contributed by atoms with E-state index in [0.717, 1.165) is 28.4 Å². The molecular formula is C21H21N3O5S. The van der Waals surface area contributed by atoms with E-state index in [2.05, 4.69) is 17.1 Å². The fourth-order valence-electron chi connectivity index (χ4n) is 3.82. The Labute approximate surface area is 177 Å². The number of methoxy groups -OCH3 is 1. The van der Waals surface area contributed by atoms with Crippen LogP contribution in [0.25, 0.3) is 0 Å². The number of nitrogens with zero attached hydrogens (tertiary/aromatic N) is 2. The number of carbonyl (C=O) groups excluding carboxylic acids is 4. The van der Waals surface area contributed by atoms with Crippen LogP contribution in [-0.4, -0.2) is 60.2 Å². The summed E-state index contributed by atoms with van der Waals surface area (Å²) in [6.07, 6.45) is 0.693. The van der Waals surface area contributed by atoms with Gasteiger partial charge in [0.2, 0.25) is 5.91 Å². The summed E-state index contributed by atoms with van der Waals surface area (Å²) >= 11 is 1.34. The van der Waals surface area contributed by atoms with Gasteiger partial charge in [-0.15, -0.1) is 11.3 Å². The second-order valence-electron chi connectivity index (χ2n) is 7.11. The van der Waals surface area contributed by atoms with E-state index in [4.69, 9.17) is 4.74 Å². The molecule has 0 atom stereocenters. The van der Waals surface area contributed by atoms with Crippen LogP contribution in [0.5, 0.6) is 0 Å². The zero-order valence-corrected chi connectivity index (χ0v) is 17.5. The molecule has 0 saturated heterocycles. The highest BCUT2D eigenvalue weighted by Crippen LogP contribution is 2.37. The number of hydrogen-bond donors (Lipinski definition) is 1. The summed E-state index contributed by atoms with van der Waals surface area (Å²) in [7, 11) is 1.30. The Morgan fingerprint density at radius 1 is 1.17 bits per heavy atom. The number of anilines is 1. The third-order valence-corrected chi connectivity index (χ3v) is 6.54. The van der Waals surface area contributed by atoms with Crippen LogP contribution in [0.15, 0.2) is 24.3 Å². The average molecular weight is 427 g/mol. The number of likely N-dealkylation sites (N-methyl/N-ethyl adjacent to an activating group) is 1. The van der Waals surface area contributed by atoms with Crippen molar-refractivity contribution in [2.45, 2.75) is 19.9 Å². The molecule has 0 saturated carbocycles. The molecule has 0 fully saturated rings. The number of rotatable bonds is 5. The molecule has 2 aliphatic heterocycles. The van der Waals surface area contributed by atoms with Gasteiger partial charge in [-0.25, -0.2) is 4.79 Å². The highest BCUT2D eigenvalue weighted by Gasteiger charge is 2.37.